The van der Waals surface area contributed by atoms with Gasteiger partial charge in [0.2, 0.25) is 5.91 Å². The van der Waals surface area contributed by atoms with E-state index in [0.717, 1.165) is 61.6 Å². The van der Waals surface area contributed by atoms with Crippen molar-refractivity contribution < 1.29 is 9.53 Å². The summed E-state index contributed by atoms with van der Waals surface area (Å²) < 4.78 is 5.70. The van der Waals surface area contributed by atoms with Crippen LogP contribution in [0, 0.1) is 5.92 Å². The van der Waals surface area contributed by atoms with Gasteiger partial charge in [0, 0.05) is 23.9 Å². The van der Waals surface area contributed by atoms with Crippen LogP contribution in [0.1, 0.15) is 30.4 Å². The van der Waals surface area contributed by atoms with E-state index in [0.29, 0.717) is 0 Å². The standard InChI is InChI=1S/C15H18ClNO2/c16-13-8-10-4-6-19-14(10)12(9-13)7-11-3-1-2-5-17-15(11)18/h8-9,11H,1-7H2,(H,17,18). The largest absolute Gasteiger partial charge is 0.493 e. The summed E-state index contributed by atoms with van der Waals surface area (Å²) in [6.07, 6.45) is 4.78. The number of halogens is 1. The molecule has 1 aromatic carbocycles. The van der Waals surface area contributed by atoms with Crippen molar-refractivity contribution in [2.45, 2.75) is 32.1 Å². The zero-order valence-corrected chi connectivity index (χ0v) is 11.6. The van der Waals surface area contributed by atoms with Gasteiger partial charge in [0.05, 0.1) is 6.61 Å². The molecule has 3 nitrogen and oxygen atoms in total. The second kappa shape index (κ2) is 5.41. The molecule has 19 heavy (non-hydrogen) atoms. The Morgan fingerprint density at radius 3 is 3.16 bits per heavy atom. The Balaban J connectivity index is 1.84. The lowest BCUT2D eigenvalue weighted by atomic mass is 9.93. The number of carbonyl (C=O) groups excluding carboxylic acids is 1. The lowest BCUT2D eigenvalue weighted by Gasteiger charge is -2.15. The minimum absolute atomic E-state index is 0.0502. The molecular weight excluding hydrogens is 262 g/mol. The molecule has 2 aliphatic rings. The second-order valence-corrected chi connectivity index (χ2v) is 5.78. The van der Waals surface area contributed by atoms with E-state index in [1.54, 1.807) is 0 Å². The zero-order valence-electron chi connectivity index (χ0n) is 10.9. The number of rotatable bonds is 2. The zero-order chi connectivity index (χ0) is 13.2. The molecule has 3 rings (SSSR count). The van der Waals surface area contributed by atoms with E-state index >= 15 is 0 Å². The fraction of sp³-hybridized carbons (Fsp3) is 0.533. The molecule has 0 radical (unpaired) electrons. The first kappa shape index (κ1) is 12.8. The average Bonchev–Trinajstić information content (AvgIpc) is 2.75. The summed E-state index contributed by atoms with van der Waals surface area (Å²) in [7, 11) is 0. The maximum atomic E-state index is 12.0. The third-order valence-electron chi connectivity index (χ3n) is 3.94. The lowest BCUT2D eigenvalue weighted by molar-refractivity contribution is -0.124. The molecule has 1 fully saturated rings. The van der Waals surface area contributed by atoms with Crippen LogP contribution in [0.4, 0.5) is 0 Å². The van der Waals surface area contributed by atoms with Gasteiger partial charge in [-0.2, -0.15) is 0 Å². The molecule has 0 aliphatic carbocycles. The van der Waals surface area contributed by atoms with Crippen LogP contribution in [-0.4, -0.2) is 19.1 Å². The summed E-state index contributed by atoms with van der Waals surface area (Å²) in [5.41, 5.74) is 2.26. The predicted molar refractivity (Wildman–Crippen MR) is 74.7 cm³/mol. The van der Waals surface area contributed by atoms with Gasteiger partial charge in [0.25, 0.3) is 0 Å². The third kappa shape index (κ3) is 2.71. The molecule has 2 heterocycles. The van der Waals surface area contributed by atoms with Crippen molar-refractivity contribution >= 4 is 17.5 Å². The SMILES string of the molecule is O=C1NCCCCC1Cc1cc(Cl)cc2c1OCC2. The maximum Gasteiger partial charge on any atom is 0.223 e. The molecule has 1 unspecified atom stereocenters. The van der Waals surface area contributed by atoms with Crippen molar-refractivity contribution in [3.05, 3.63) is 28.3 Å². The van der Waals surface area contributed by atoms with Gasteiger partial charge in [-0.05, 0) is 42.5 Å². The number of carbonyl (C=O) groups is 1. The molecule has 102 valence electrons. The summed E-state index contributed by atoms with van der Waals surface area (Å²) in [6.45, 7) is 1.53. The Morgan fingerprint density at radius 2 is 2.26 bits per heavy atom. The first-order valence-corrected chi connectivity index (χ1v) is 7.33. The van der Waals surface area contributed by atoms with Crippen molar-refractivity contribution in [3.63, 3.8) is 0 Å². The topological polar surface area (TPSA) is 38.3 Å². The first-order chi connectivity index (χ1) is 9.24. The van der Waals surface area contributed by atoms with E-state index in [-0.39, 0.29) is 11.8 Å². The van der Waals surface area contributed by atoms with E-state index in [1.807, 2.05) is 12.1 Å². The molecule has 0 spiro atoms. The van der Waals surface area contributed by atoms with Crippen LogP contribution in [-0.2, 0) is 17.6 Å². The van der Waals surface area contributed by atoms with Crippen LogP contribution in [0.25, 0.3) is 0 Å². The van der Waals surface area contributed by atoms with Gasteiger partial charge in [-0.1, -0.05) is 18.0 Å². The van der Waals surface area contributed by atoms with Gasteiger partial charge in [-0.15, -0.1) is 0 Å². The van der Waals surface area contributed by atoms with Gasteiger partial charge < -0.3 is 10.1 Å². The fourth-order valence-electron chi connectivity index (χ4n) is 2.96. The molecule has 0 bridgehead atoms. The van der Waals surface area contributed by atoms with Gasteiger partial charge >= 0.3 is 0 Å². The number of hydrogen-bond donors (Lipinski definition) is 1. The van der Waals surface area contributed by atoms with Gasteiger partial charge in [0.1, 0.15) is 5.75 Å². The smallest absolute Gasteiger partial charge is 0.223 e. The van der Waals surface area contributed by atoms with Crippen molar-refractivity contribution in [1.82, 2.24) is 5.32 Å². The molecule has 2 aliphatic heterocycles. The Kier molecular flexibility index (Phi) is 3.65. The van der Waals surface area contributed by atoms with E-state index in [9.17, 15) is 4.79 Å². The monoisotopic (exact) mass is 279 g/mol. The molecule has 0 saturated carbocycles. The van der Waals surface area contributed by atoms with Crippen molar-refractivity contribution in [3.8, 4) is 5.75 Å². The molecular formula is C15H18ClNO2. The van der Waals surface area contributed by atoms with E-state index in [4.69, 9.17) is 16.3 Å². The molecule has 1 saturated heterocycles. The Hall–Kier alpha value is -1.22. The van der Waals surface area contributed by atoms with Crippen LogP contribution in [0.3, 0.4) is 0 Å². The number of ether oxygens (including phenoxy) is 1. The molecule has 1 aromatic rings. The quantitative estimate of drug-likeness (QED) is 0.904. The highest BCUT2D eigenvalue weighted by Gasteiger charge is 2.25. The second-order valence-electron chi connectivity index (χ2n) is 5.34. The number of hydrogen-bond acceptors (Lipinski definition) is 2. The lowest BCUT2D eigenvalue weighted by Crippen LogP contribution is -2.30. The Morgan fingerprint density at radius 1 is 1.37 bits per heavy atom. The molecule has 0 aromatic heterocycles. The Labute approximate surface area is 118 Å². The maximum absolute atomic E-state index is 12.0. The predicted octanol–water partition coefficient (Wildman–Crippen LogP) is 2.73. The highest BCUT2D eigenvalue weighted by Crippen LogP contribution is 2.35. The third-order valence-corrected chi connectivity index (χ3v) is 4.16. The average molecular weight is 280 g/mol. The van der Waals surface area contributed by atoms with Crippen LogP contribution in [0.5, 0.6) is 5.75 Å². The van der Waals surface area contributed by atoms with Gasteiger partial charge in [0.15, 0.2) is 0 Å². The number of benzene rings is 1. The van der Waals surface area contributed by atoms with Crippen LogP contribution < -0.4 is 10.1 Å². The number of amides is 1. The van der Waals surface area contributed by atoms with Gasteiger partial charge in [-0.3, -0.25) is 4.79 Å². The van der Waals surface area contributed by atoms with Crippen molar-refractivity contribution in [2.75, 3.05) is 13.2 Å². The highest BCUT2D eigenvalue weighted by molar-refractivity contribution is 6.30. The minimum atomic E-state index is 0.0502. The van der Waals surface area contributed by atoms with Gasteiger partial charge in [-0.25, -0.2) is 0 Å². The molecule has 1 N–H and O–H groups in total. The van der Waals surface area contributed by atoms with Crippen LogP contribution >= 0.6 is 11.6 Å². The summed E-state index contributed by atoms with van der Waals surface area (Å²) in [5.74, 6) is 1.18. The van der Waals surface area contributed by atoms with Crippen LogP contribution in [0.15, 0.2) is 12.1 Å². The molecule has 1 atom stereocenters. The Bertz CT molecular complexity index is 501. The molecule has 1 amide bonds. The van der Waals surface area contributed by atoms with E-state index in [2.05, 4.69) is 5.32 Å². The highest BCUT2D eigenvalue weighted by atomic mass is 35.5. The fourth-order valence-corrected chi connectivity index (χ4v) is 3.22. The minimum Gasteiger partial charge on any atom is -0.493 e. The number of fused-ring (bicyclic) bond motifs is 1. The van der Waals surface area contributed by atoms with E-state index < -0.39 is 0 Å². The number of nitrogens with one attached hydrogen (secondary N) is 1. The van der Waals surface area contributed by atoms with Crippen molar-refractivity contribution in [1.29, 1.82) is 0 Å². The summed E-state index contributed by atoms with van der Waals surface area (Å²) in [4.78, 5) is 12.0. The van der Waals surface area contributed by atoms with Crippen LogP contribution in [0.2, 0.25) is 5.02 Å². The van der Waals surface area contributed by atoms with Crippen molar-refractivity contribution in [2.24, 2.45) is 5.92 Å². The summed E-state index contributed by atoms with van der Waals surface area (Å²) in [5, 5.41) is 3.73. The summed E-state index contributed by atoms with van der Waals surface area (Å²) in [6, 6.07) is 3.92. The normalized spacial score (nSPS) is 22.4. The molecule has 4 heteroatoms. The first-order valence-electron chi connectivity index (χ1n) is 6.96. The van der Waals surface area contributed by atoms with E-state index in [1.165, 1.54) is 5.56 Å². The summed E-state index contributed by atoms with van der Waals surface area (Å²) >= 11 is 6.16.